The van der Waals surface area contributed by atoms with Crippen molar-refractivity contribution in [3.05, 3.63) is 10.4 Å². The van der Waals surface area contributed by atoms with Gasteiger partial charge in [-0.25, -0.2) is 4.84 Å². The van der Waals surface area contributed by atoms with Gasteiger partial charge in [-0.1, -0.05) is 0 Å². The highest BCUT2D eigenvalue weighted by Crippen LogP contribution is 1.91. The third-order valence-corrected chi connectivity index (χ3v) is 0.903. The Bertz CT molecular complexity index is 110. The Morgan fingerprint density at radius 2 is 2.10 bits per heavy atom. The number of nitrogens with zero attached hydrogens (tertiary/aromatic N) is 1. The molecule has 0 spiro atoms. The third kappa shape index (κ3) is 7.33. The normalized spacial score (nSPS) is 9.80. The summed E-state index contributed by atoms with van der Waals surface area (Å²) in [6.45, 7) is 0.129. The van der Waals surface area contributed by atoms with Crippen molar-refractivity contribution < 1.29 is 10.2 Å². The van der Waals surface area contributed by atoms with E-state index in [-0.39, 0.29) is 6.61 Å². The Morgan fingerprint density at radius 1 is 1.40 bits per heavy atom. The lowest BCUT2D eigenvalue weighted by molar-refractivity contribution is -1.01. The summed E-state index contributed by atoms with van der Waals surface area (Å²) >= 11 is 0. The van der Waals surface area contributed by atoms with Gasteiger partial charge < -0.3 is 10.4 Å². The average molecular weight is 145 g/mol. The Kier molecular flexibility index (Phi) is 6.02. The molecule has 5 heteroatoms. The molecule has 0 aliphatic heterocycles. The van der Waals surface area contributed by atoms with Gasteiger partial charge in [-0.15, -0.1) is 0 Å². The van der Waals surface area contributed by atoms with E-state index in [1.165, 1.54) is 0 Å². The number of nitriles is 1. The number of unbranched alkanes of at least 4 members (excludes halogenated alkanes) is 2. The maximum atomic E-state index is 9.63. The molecule has 0 aliphatic carbocycles. The summed E-state index contributed by atoms with van der Waals surface area (Å²) < 4.78 is 0. The minimum absolute atomic E-state index is 0.129. The van der Waals surface area contributed by atoms with E-state index in [9.17, 15) is 10.4 Å². The Morgan fingerprint density at radius 3 is 2.60 bits per heavy atom. The Balaban J connectivity index is 2.86. The first-order chi connectivity index (χ1) is 4.77. The molecule has 0 bridgehead atoms. The molecule has 0 saturated heterocycles. The zero-order valence-corrected chi connectivity index (χ0v) is 5.50. The maximum Gasteiger partial charge on any atom is 0.107 e. The topological polar surface area (TPSA) is 83.6 Å². The molecule has 0 saturated carbocycles. The molecule has 0 radical (unpaired) electrons. The summed E-state index contributed by atoms with van der Waals surface area (Å²) in [5.41, 5.74) is 0. The van der Waals surface area contributed by atoms with E-state index in [1.54, 1.807) is 0 Å². The van der Waals surface area contributed by atoms with Gasteiger partial charge in [0.1, 0.15) is 6.61 Å². The largest absolute Gasteiger partial charge is 0.599 e. The summed E-state index contributed by atoms with van der Waals surface area (Å²) in [7, 11) is 0. The second kappa shape index (κ2) is 6.45. The van der Waals surface area contributed by atoms with E-state index in [0.29, 0.717) is 19.3 Å². The first kappa shape index (κ1) is 9.33. The first-order valence-corrected chi connectivity index (χ1v) is 2.98. The Labute approximate surface area is 58.9 Å². The van der Waals surface area contributed by atoms with Gasteiger partial charge in [0.15, 0.2) is 0 Å². The highest BCUT2D eigenvalue weighted by molar-refractivity contribution is 4.67. The molecule has 58 valence electrons. The lowest BCUT2D eigenvalue weighted by Gasteiger charge is -2.21. The van der Waals surface area contributed by atoms with Crippen molar-refractivity contribution in [2.45, 2.75) is 19.3 Å². The number of nitrogens with one attached hydrogen (secondary N) is 1. The summed E-state index contributed by atoms with van der Waals surface area (Å²) in [4.78, 5) is 4.08. The molecular weight excluding hydrogens is 136 g/mol. The van der Waals surface area contributed by atoms with Gasteiger partial charge in [0, 0.05) is 6.42 Å². The number of hydrogen-bond acceptors (Lipinski definition) is 4. The van der Waals surface area contributed by atoms with Crippen LogP contribution in [0.3, 0.4) is 0 Å². The molecule has 0 fully saturated rings. The van der Waals surface area contributed by atoms with Crippen molar-refractivity contribution in [2.75, 3.05) is 6.61 Å². The molecular formula is C5H9N2O3-. The van der Waals surface area contributed by atoms with Crippen LogP contribution in [0, 0.1) is 21.7 Å². The smallest absolute Gasteiger partial charge is 0.107 e. The van der Waals surface area contributed by atoms with Crippen LogP contribution in [0.4, 0.5) is 0 Å². The third-order valence-electron chi connectivity index (χ3n) is 0.903. The summed E-state index contributed by atoms with van der Waals surface area (Å²) in [5, 5.41) is 25.8. The van der Waals surface area contributed by atoms with Crippen molar-refractivity contribution in [2.24, 2.45) is 0 Å². The van der Waals surface area contributed by atoms with Crippen LogP contribution in [0.1, 0.15) is 19.3 Å². The van der Waals surface area contributed by atoms with Gasteiger partial charge in [0.05, 0.1) is 6.07 Å². The molecule has 0 unspecified atom stereocenters. The van der Waals surface area contributed by atoms with E-state index in [2.05, 4.69) is 4.84 Å². The van der Waals surface area contributed by atoms with Crippen LogP contribution in [-0.4, -0.2) is 6.61 Å². The molecule has 1 N–H and O–H groups in total. The van der Waals surface area contributed by atoms with Gasteiger partial charge >= 0.3 is 0 Å². The molecule has 5 nitrogen and oxygen atoms in total. The predicted octanol–water partition coefficient (Wildman–Crippen LogP) is -0.508. The van der Waals surface area contributed by atoms with E-state index < -0.39 is 5.39 Å². The molecule has 0 aromatic carbocycles. The van der Waals surface area contributed by atoms with Crippen molar-refractivity contribution in [1.29, 1.82) is 5.26 Å². The van der Waals surface area contributed by atoms with Crippen molar-refractivity contribution in [3.8, 4) is 6.07 Å². The van der Waals surface area contributed by atoms with Gasteiger partial charge in [-0.3, -0.25) is 5.39 Å². The fraction of sp³-hybridized carbons (Fsp3) is 0.800. The monoisotopic (exact) mass is 145 g/mol. The number of rotatable bonds is 5. The quantitative estimate of drug-likeness (QED) is 0.417. The molecule has 0 rings (SSSR count). The highest BCUT2D eigenvalue weighted by Gasteiger charge is 1.88. The fourth-order valence-electron chi connectivity index (χ4n) is 0.462. The van der Waals surface area contributed by atoms with Crippen LogP contribution < -0.4 is 5.39 Å². The number of hydrogen-bond donors (Lipinski definition) is 1. The van der Waals surface area contributed by atoms with Crippen LogP contribution in [0.2, 0.25) is 0 Å². The zero-order valence-electron chi connectivity index (χ0n) is 5.50. The molecule has 0 atom stereocenters. The summed E-state index contributed by atoms with van der Waals surface area (Å²) in [6, 6.07) is 1.94. The summed E-state index contributed by atoms with van der Waals surface area (Å²) in [6.07, 6.45) is 1.70. The minimum Gasteiger partial charge on any atom is -0.599 e. The van der Waals surface area contributed by atoms with Crippen LogP contribution in [0.5, 0.6) is 0 Å². The van der Waals surface area contributed by atoms with E-state index in [0.717, 1.165) is 0 Å². The second-order valence-corrected chi connectivity index (χ2v) is 1.71. The first-order valence-electron chi connectivity index (χ1n) is 2.98. The SMILES string of the molecule is N#CCCCCO[NH+]([O-])[O-]. The molecule has 10 heavy (non-hydrogen) atoms. The van der Waals surface area contributed by atoms with E-state index in [4.69, 9.17) is 5.26 Å². The van der Waals surface area contributed by atoms with Crippen molar-refractivity contribution in [1.82, 2.24) is 0 Å². The van der Waals surface area contributed by atoms with Crippen LogP contribution in [-0.2, 0) is 4.84 Å². The lowest BCUT2D eigenvalue weighted by atomic mass is 10.3. The van der Waals surface area contributed by atoms with E-state index in [1.807, 2.05) is 6.07 Å². The molecule has 0 aromatic rings. The highest BCUT2D eigenvalue weighted by atomic mass is 17.1. The van der Waals surface area contributed by atoms with Gasteiger partial charge in [0.25, 0.3) is 0 Å². The zero-order chi connectivity index (χ0) is 7.82. The van der Waals surface area contributed by atoms with Gasteiger partial charge in [0.2, 0.25) is 0 Å². The number of quaternary nitrogens is 1. The van der Waals surface area contributed by atoms with E-state index >= 15 is 0 Å². The van der Waals surface area contributed by atoms with Gasteiger partial charge in [-0.05, 0) is 12.8 Å². The van der Waals surface area contributed by atoms with Crippen molar-refractivity contribution >= 4 is 0 Å². The van der Waals surface area contributed by atoms with Crippen LogP contribution in [0.15, 0.2) is 0 Å². The standard InChI is InChI=1S/C5H9N2O3/c6-4-2-1-3-5-10-7(8)9/h7H,1-3,5H2/q-1. The van der Waals surface area contributed by atoms with Crippen LogP contribution in [0.25, 0.3) is 0 Å². The molecule has 0 amide bonds. The van der Waals surface area contributed by atoms with Crippen molar-refractivity contribution in [3.63, 3.8) is 0 Å². The molecule has 0 aromatic heterocycles. The fourth-order valence-corrected chi connectivity index (χ4v) is 0.462. The summed E-state index contributed by atoms with van der Waals surface area (Å²) in [5.74, 6) is 0. The Hall–Kier alpha value is -0.670. The van der Waals surface area contributed by atoms with Crippen LogP contribution >= 0.6 is 0 Å². The second-order valence-electron chi connectivity index (χ2n) is 1.71. The van der Waals surface area contributed by atoms with Gasteiger partial charge in [-0.2, -0.15) is 5.26 Å². The molecule has 0 heterocycles. The predicted molar refractivity (Wildman–Crippen MR) is 33.1 cm³/mol. The lowest BCUT2D eigenvalue weighted by Crippen LogP contribution is -3.00. The minimum atomic E-state index is -1.50. The average Bonchev–Trinajstić information content (AvgIpc) is 1.87. The maximum absolute atomic E-state index is 9.63. The molecule has 0 aliphatic rings.